The second-order valence-electron chi connectivity index (χ2n) is 13.2. The average molecular weight is 601 g/mol. The van der Waals surface area contributed by atoms with Crippen LogP contribution in [0, 0.1) is 23.7 Å². The van der Waals surface area contributed by atoms with Crippen molar-refractivity contribution in [1.29, 1.82) is 0 Å². The number of ether oxygens (including phenoxy) is 3. The van der Waals surface area contributed by atoms with E-state index in [0.29, 0.717) is 58.4 Å². The molecule has 4 aliphatic rings. The van der Waals surface area contributed by atoms with Gasteiger partial charge in [-0.05, 0) is 73.1 Å². The lowest BCUT2D eigenvalue weighted by Gasteiger charge is -2.41. The lowest BCUT2D eigenvalue weighted by Crippen LogP contribution is -2.57. The van der Waals surface area contributed by atoms with Crippen molar-refractivity contribution >= 4 is 11.8 Å². The van der Waals surface area contributed by atoms with Gasteiger partial charge in [0, 0.05) is 24.2 Å². The molecule has 1 aromatic rings. The molecule has 0 spiro atoms. The van der Waals surface area contributed by atoms with Gasteiger partial charge in [0.2, 0.25) is 11.8 Å². The molecule has 1 aliphatic heterocycles. The zero-order valence-electron chi connectivity index (χ0n) is 25.8. The highest BCUT2D eigenvalue weighted by Gasteiger charge is 2.52. The van der Waals surface area contributed by atoms with E-state index in [1.165, 1.54) is 13.5 Å². The smallest absolute Gasteiger partial charge is 0.249 e. The lowest BCUT2D eigenvalue weighted by atomic mass is 9.75. The second-order valence-corrected chi connectivity index (χ2v) is 13.2. The Hall–Kier alpha value is -2.66. The van der Waals surface area contributed by atoms with Gasteiger partial charge in [-0.3, -0.25) is 9.59 Å². The number of amides is 2. The molecule has 1 aromatic carbocycles. The van der Waals surface area contributed by atoms with Crippen LogP contribution in [0.4, 0.5) is 0 Å². The summed E-state index contributed by atoms with van der Waals surface area (Å²) >= 11 is 0. The van der Waals surface area contributed by atoms with Gasteiger partial charge in [0.25, 0.3) is 0 Å². The number of rotatable bonds is 12. The Labute approximate surface area is 254 Å². The van der Waals surface area contributed by atoms with Gasteiger partial charge < -0.3 is 39.7 Å². The Bertz CT molecular complexity index is 1200. The van der Waals surface area contributed by atoms with Gasteiger partial charge in [-0.2, -0.15) is 0 Å². The first-order valence-electron chi connectivity index (χ1n) is 15.8. The van der Waals surface area contributed by atoms with Crippen LogP contribution in [0.2, 0.25) is 0 Å². The van der Waals surface area contributed by atoms with Gasteiger partial charge in [-0.25, -0.2) is 0 Å². The Morgan fingerprint density at radius 3 is 2.58 bits per heavy atom. The minimum Gasteiger partial charge on any atom is -0.493 e. The van der Waals surface area contributed by atoms with Crippen LogP contribution in [-0.4, -0.2) is 89.8 Å². The van der Waals surface area contributed by atoms with Crippen LogP contribution in [-0.2, 0) is 20.9 Å². The molecule has 10 nitrogen and oxygen atoms in total. The van der Waals surface area contributed by atoms with E-state index in [0.717, 1.165) is 25.7 Å². The van der Waals surface area contributed by atoms with Gasteiger partial charge in [0.05, 0.1) is 38.4 Å². The quantitative estimate of drug-likeness (QED) is 0.287. The summed E-state index contributed by atoms with van der Waals surface area (Å²) in [6, 6.07) is 2.63. The Morgan fingerprint density at radius 2 is 1.93 bits per heavy atom. The van der Waals surface area contributed by atoms with Crippen LogP contribution in [0.1, 0.15) is 69.9 Å². The summed E-state index contributed by atoms with van der Waals surface area (Å²) in [6.45, 7) is 6.62. The summed E-state index contributed by atoms with van der Waals surface area (Å²) in [5, 5.41) is 33.8. The fourth-order valence-electron chi connectivity index (χ4n) is 7.15. The number of carbonyl (C=O) groups excluding carboxylic acids is 2. The van der Waals surface area contributed by atoms with Crippen LogP contribution < -0.4 is 14.8 Å². The molecule has 3 aliphatic carbocycles. The molecule has 10 heteroatoms. The third kappa shape index (κ3) is 6.72. The summed E-state index contributed by atoms with van der Waals surface area (Å²) in [7, 11) is 1.50. The molecule has 2 amide bonds. The third-order valence-corrected chi connectivity index (χ3v) is 9.71. The van der Waals surface area contributed by atoms with Gasteiger partial charge >= 0.3 is 0 Å². The summed E-state index contributed by atoms with van der Waals surface area (Å²) in [5.41, 5.74) is 1.57. The van der Waals surface area contributed by atoms with Gasteiger partial charge in [0.1, 0.15) is 18.8 Å². The fourth-order valence-corrected chi connectivity index (χ4v) is 7.15. The number of methoxy groups -OCH3 is 1. The third-order valence-electron chi connectivity index (χ3n) is 9.71. The first kappa shape index (κ1) is 31.8. The number of aliphatic hydroxyl groups excluding tert-OH is 3. The van der Waals surface area contributed by atoms with Crippen molar-refractivity contribution in [3.8, 4) is 11.5 Å². The van der Waals surface area contributed by atoms with E-state index in [9.17, 15) is 24.9 Å². The van der Waals surface area contributed by atoms with Gasteiger partial charge in [-0.15, -0.1) is 0 Å². The van der Waals surface area contributed by atoms with Crippen LogP contribution in [0.15, 0.2) is 23.8 Å². The van der Waals surface area contributed by atoms with E-state index in [1.54, 1.807) is 23.1 Å². The number of nitrogens with one attached hydrogen (secondary N) is 1. The van der Waals surface area contributed by atoms with Crippen LogP contribution in [0.3, 0.4) is 0 Å². The Morgan fingerprint density at radius 1 is 1.16 bits per heavy atom. The van der Waals surface area contributed by atoms with E-state index in [2.05, 4.69) is 26.1 Å². The number of aliphatic hydroxyl groups is 3. The summed E-state index contributed by atoms with van der Waals surface area (Å²) in [5.74, 6) is 1.27. The minimum atomic E-state index is -1.13. The molecule has 2 saturated carbocycles. The zero-order chi connectivity index (χ0) is 30.8. The van der Waals surface area contributed by atoms with E-state index in [4.69, 9.17) is 14.2 Å². The molecular weight excluding hydrogens is 552 g/mol. The largest absolute Gasteiger partial charge is 0.493 e. The molecule has 1 heterocycles. The topological polar surface area (TPSA) is 138 Å². The van der Waals surface area contributed by atoms with Crippen molar-refractivity contribution in [3.63, 3.8) is 0 Å². The first-order valence-corrected chi connectivity index (χ1v) is 15.8. The van der Waals surface area contributed by atoms with Crippen molar-refractivity contribution in [1.82, 2.24) is 10.2 Å². The molecule has 4 N–H and O–H groups in total. The van der Waals surface area contributed by atoms with Gasteiger partial charge in [-0.1, -0.05) is 27.2 Å². The van der Waals surface area contributed by atoms with Gasteiger partial charge in [0.15, 0.2) is 11.5 Å². The maximum atomic E-state index is 13.9. The molecule has 238 valence electrons. The maximum Gasteiger partial charge on any atom is 0.249 e. The van der Waals surface area contributed by atoms with E-state index >= 15 is 0 Å². The van der Waals surface area contributed by atoms with Crippen molar-refractivity contribution in [2.24, 2.45) is 23.7 Å². The minimum absolute atomic E-state index is 0.00680. The molecule has 0 saturated heterocycles. The predicted octanol–water partition coefficient (Wildman–Crippen LogP) is 2.53. The Balaban J connectivity index is 1.46. The standard InChI is InChI=1S/C33H48N2O8/c1-18(2)22-8-5-19(3)11-26(22)42-17-28(38)35(15-20-6-7-20)25-14-24(33(40)34-9-10-36)29-23-12-21(16-37)13-27(41-4)31(23)43-32(29)30(25)39/h12-14,18-20,22,25-26,29-30,32,36-37,39H,5-11,15-17H2,1-4H3,(H,34,40)/t19-,22+,25+,26-,29-,30-,32-/m0/s1. The average Bonchev–Trinajstić information content (AvgIpc) is 3.74. The fraction of sp³-hybridized carbons (Fsp3) is 0.697. The number of fused-ring (bicyclic) bond motifs is 3. The number of hydrogen-bond donors (Lipinski definition) is 4. The summed E-state index contributed by atoms with van der Waals surface area (Å²) in [6.07, 6.45) is 4.90. The van der Waals surface area contributed by atoms with Crippen molar-refractivity contribution in [2.75, 3.05) is 33.4 Å². The number of nitrogens with zero attached hydrogens (tertiary/aromatic N) is 1. The van der Waals surface area contributed by atoms with Crippen molar-refractivity contribution in [3.05, 3.63) is 34.9 Å². The predicted molar refractivity (Wildman–Crippen MR) is 160 cm³/mol. The molecule has 0 unspecified atom stereocenters. The SMILES string of the molecule is COc1cc(CO)cc2c1O[C@@H]1[C@@H](O)[C@H](N(CC3CC3)C(=O)CO[C@H]3C[C@@H](C)CC[C@@H]3C(C)C)C=C(C(=O)NCCO)[C@H]21. The number of carbonyl (C=O) groups is 2. The summed E-state index contributed by atoms with van der Waals surface area (Å²) in [4.78, 5) is 29.1. The number of benzene rings is 1. The van der Waals surface area contributed by atoms with Crippen LogP contribution in [0.5, 0.6) is 11.5 Å². The molecule has 0 bridgehead atoms. The van der Waals surface area contributed by atoms with E-state index in [1.807, 2.05) is 0 Å². The van der Waals surface area contributed by atoms with E-state index < -0.39 is 30.1 Å². The summed E-state index contributed by atoms with van der Waals surface area (Å²) < 4.78 is 18.2. The lowest BCUT2D eigenvalue weighted by molar-refractivity contribution is -0.147. The molecule has 7 atom stereocenters. The zero-order valence-corrected chi connectivity index (χ0v) is 25.8. The Kier molecular flexibility index (Phi) is 10.0. The maximum absolute atomic E-state index is 13.9. The molecular formula is C33H48N2O8. The molecule has 5 rings (SSSR count). The molecule has 0 radical (unpaired) electrons. The normalized spacial score (nSPS) is 29.8. The van der Waals surface area contributed by atoms with Crippen LogP contribution >= 0.6 is 0 Å². The first-order chi connectivity index (χ1) is 20.7. The van der Waals surface area contributed by atoms with Crippen LogP contribution in [0.25, 0.3) is 0 Å². The highest BCUT2D eigenvalue weighted by atomic mass is 16.5. The monoisotopic (exact) mass is 600 g/mol. The molecule has 43 heavy (non-hydrogen) atoms. The van der Waals surface area contributed by atoms with Crippen molar-refractivity contribution < 1.29 is 39.1 Å². The molecule has 2 fully saturated rings. The highest BCUT2D eigenvalue weighted by Crippen LogP contribution is 2.51. The van der Waals surface area contributed by atoms with Crippen molar-refractivity contribution in [2.45, 2.75) is 89.8 Å². The van der Waals surface area contributed by atoms with E-state index in [-0.39, 0.29) is 38.4 Å². The second kappa shape index (κ2) is 13.5. The molecule has 0 aromatic heterocycles. The highest BCUT2D eigenvalue weighted by molar-refractivity contribution is 5.96. The number of hydrogen-bond acceptors (Lipinski definition) is 8.